The first-order valence-corrected chi connectivity index (χ1v) is 9.56. The second-order valence-corrected chi connectivity index (χ2v) is 7.58. The molecule has 4 unspecified atom stereocenters. The molecule has 1 heterocycles. The van der Waals surface area contributed by atoms with Crippen LogP contribution in [-0.2, 0) is 10.9 Å². The number of nitriles is 2. The maximum absolute atomic E-state index is 13.4. The quantitative estimate of drug-likeness (QED) is 0.722. The molecule has 1 aliphatic heterocycles. The van der Waals surface area contributed by atoms with E-state index in [0.717, 1.165) is 23.1 Å². The Morgan fingerprint density at radius 1 is 1.19 bits per heavy atom. The highest BCUT2D eigenvalue weighted by Gasteiger charge is 2.51. The molecule has 2 aromatic rings. The summed E-state index contributed by atoms with van der Waals surface area (Å²) in [5, 5.41) is 39.2. The van der Waals surface area contributed by atoms with Crippen molar-refractivity contribution in [2.24, 2.45) is 0 Å². The van der Waals surface area contributed by atoms with Gasteiger partial charge in [-0.2, -0.15) is 23.7 Å². The van der Waals surface area contributed by atoms with E-state index in [4.69, 9.17) is 20.0 Å². The van der Waals surface area contributed by atoms with Crippen molar-refractivity contribution in [3.05, 3.63) is 59.2 Å². The number of halogens is 3. The minimum Gasteiger partial charge on any atom is -0.490 e. The van der Waals surface area contributed by atoms with E-state index in [-0.39, 0.29) is 17.9 Å². The predicted octanol–water partition coefficient (Wildman–Crippen LogP) is 3.47. The van der Waals surface area contributed by atoms with Crippen molar-refractivity contribution < 1.29 is 32.9 Å². The number of benzene rings is 2. The van der Waals surface area contributed by atoms with Gasteiger partial charge in [0.05, 0.1) is 29.2 Å². The third-order valence-corrected chi connectivity index (χ3v) is 5.23. The van der Waals surface area contributed by atoms with E-state index in [9.17, 15) is 23.4 Å². The molecule has 0 spiro atoms. The number of aliphatic hydroxyl groups excluding tert-OH is 2. The molecule has 10 heteroatoms. The second kappa shape index (κ2) is 8.67. The molecule has 0 radical (unpaired) electrons. The van der Waals surface area contributed by atoms with Gasteiger partial charge in [0.15, 0.2) is 6.23 Å². The van der Waals surface area contributed by atoms with Crippen molar-refractivity contribution in [3.63, 3.8) is 0 Å². The average Bonchev–Trinajstić information content (AvgIpc) is 2.99. The van der Waals surface area contributed by atoms with Crippen LogP contribution in [0.15, 0.2) is 42.5 Å². The molecule has 0 aliphatic carbocycles. The summed E-state index contributed by atoms with van der Waals surface area (Å²) in [6.07, 6.45) is -7.80. The van der Waals surface area contributed by atoms with Crippen LogP contribution in [0.1, 0.15) is 36.5 Å². The van der Waals surface area contributed by atoms with Gasteiger partial charge < -0.3 is 19.7 Å². The van der Waals surface area contributed by atoms with Crippen molar-refractivity contribution in [1.82, 2.24) is 0 Å². The van der Waals surface area contributed by atoms with Crippen molar-refractivity contribution >= 4 is 5.69 Å². The van der Waals surface area contributed by atoms with Gasteiger partial charge in [-0.05, 0) is 61.9 Å². The number of aliphatic hydroxyl groups is 2. The SMILES string of the molecule is CC(C#N)c1cc(N2C(O)OC(C)(COc3ccc(C#N)cc3)C2O)ccc1C(F)(F)F. The maximum atomic E-state index is 13.4. The van der Waals surface area contributed by atoms with Crippen LogP contribution >= 0.6 is 0 Å². The third kappa shape index (κ3) is 4.48. The fourth-order valence-corrected chi connectivity index (χ4v) is 3.40. The van der Waals surface area contributed by atoms with Gasteiger partial charge in [0.2, 0.25) is 6.41 Å². The van der Waals surface area contributed by atoms with Gasteiger partial charge in [-0.25, -0.2) is 0 Å². The van der Waals surface area contributed by atoms with E-state index in [1.807, 2.05) is 6.07 Å². The molecule has 1 saturated heterocycles. The molecule has 2 N–H and O–H groups in total. The Morgan fingerprint density at radius 3 is 2.41 bits per heavy atom. The van der Waals surface area contributed by atoms with Gasteiger partial charge in [0, 0.05) is 5.69 Å². The molecule has 1 fully saturated rings. The summed E-state index contributed by atoms with van der Waals surface area (Å²) in [7, 11) is 0. The first kappa shape index (κ1) is 23.4. The van der Waals surface area contributed by atoms with Crippen LogP contribution < -0.4 is 9.64 Å². The Balaban J connectivity index is 1.86. The molecule has 3 rings (SSSR count). The van der Waals surface area contributed by atoms with Gasteiger partial charge in [-0.1, -0.05) is 0 Å². The highest BCUT2D eigenvalue weighted by atomic mass is 19.4. The van der Waals surface area contributed by atoms with Gasteiger partial charge in [0.1, 0.15) is 18.0 Å². The Hall–Kier alpha value is -3.31. The normalized spacial score (nSPS) is 24.0. The molecule has 1 aliphatic rings. The fourth-order valence-electron chi connectivity index (χ4n) is 3.40. The summed E-state index contributed by atoms with van der Waals surface area (Å²) in [6, 6.07) is 13.0. The third-order valence-electron chi connectivity index (χ3n) is 5.23. The van der Waals surface area contributed by atoms with Crippen LogP contribution in [-0.4, -0.2) is 35.1 Å². The molecule has 7 nitrogen and oxygen atoms in total. The van der Waals surface area contributed by atoms with Crippen molar-refractivity contribution in [2.45, 2.75) is 44.2 Å². The largest absolute Gasteiger partial charge is 0.490 e. The summed E-state index contributed by atoms with van der Waals surface area (Å²) in [6.45, 7) is 2.61. The average molecular weight is 447 g/mol. The van der Waals surface area contributed by atoms with Crippen LogP contribution in [0.2, 0.25) is 0 Å². The van der Waals surface area contributed by atoms with Gasteiger partial charge in [-0.3, -0.25) is 4.90 Å². The van der Waals surface area contributed by atoms with Crippen LogP contribution in [0.4, 0.5) is 18.9 Å². The van der Waals surface area contributed by atoms with E-state index in [2.05, 4.69) is 0 Å². The molecule has 32 heavy (non-hydrogen) atoms. The summed E-state index contributed by atoms with van der Waals surface area (Å²) < 4.78 is 51.2. The van der Waals surface area contributed by atoms with Crippen LogP contribution in [0.3, 0.4) is 0 Å². The topological polar surface area (TPSA) is 110 Å². The van der Waals surface area contributed by atoms with Crippen molar-refractivity contribution in [3.8, 4) is 17.9 Å². The fraction of sp³-hybridized carbons (Fsp3) is 0.364. The lowest BCUT2D eigenvalue weighted by molar-refractivity contribution is -0.154. The molecule has 168 valence electrons. The molecule has 0 aromatic heterocycles. The number of anilines is 1. The maximum Gasteiger partial charge on any atom is 0.416 e. The van der Waals surface area contributed by atoms with E-state index in [1.54, 1.807) is 30.3 Å². The Labute approximate surface area is 182 Å². The highest BCUT2D eigenvalue weighted by molar-refractivity contribution is 5.55. The Bertz CT molecular complexity index is 1060. The van der Waals surface area contributed by atoms with Crippen LogP contribution in [0.5, 0.6) is 5.75 Å². The summed E-state index contributed by atoms with van der Waals surface area (Å²) in [4.78, 5) is 1.01. The predicted molar refractivity (Wildman–Crippen MR) is 106 cm³/mol. The second-order valence-electron chi connectivity index (χ2n) is 7.58. The molecule has 0 saturated carbocycles. The number of nitrogens with zero attached hydrogens (tertiary/aromatic N) is 3. The standard InChI is InChI=1S/C22H20F3N3O4/c1-13(10-26)17-9-15(5-8-18(17)22(23,24)25)28-19(29)21(2,32-20(28)30)12-31-16-6-3-14(11-27)4-7-16/h3-9,13,19-20,29-30H,12H2,1-2H3. The van der Waals surface area contributed by atoms with E-state index >= 15 is 0 Å². The summed E-state index contributed by atoms with van der Waals surface area (Å²) in [5.41, 5.74) is -2.19. The van der Waals surface area contributed by atoms with E-state index in [0.29, 0.717) is 11.3 Å². The molecular formula is C22H20F3N3O4. The number of hydrogen-bond donors (Lipinski definition) is 2. The molecule has 0 amide bonds. The van der Waals surface area contributed by atoms with Crippen molar-refractivity contribution in [2.75, 3.05) is 11.5 Å². The number of ether oxygens (including phenoxy) is 2. The first-order valence-electron chi connectivity index (χ1n) is 9.56. The zero-order chi connectivity index (χ0) is 23.7. The lowest BCUT2D eigenvalue weighted by Crippen LogP contribution is -2.47. The van der Waals surface area contributed by atoms with Crippen LogP contribution in [0, 0.1) is 22.7 Å². The van der Waals surface area contributed by atoms with Gasteiger partial charge in [0.25, 0.3) is 0 Å². The van der Waals surface area contributed by atoms with Crippen molar-refractivity contribution in [1.29, 1.82) is 10.5 Å². The first-order chi connectivity index (χ1) is 15.0. The molecule has 4 atom stereocenters. The van der Waals surface area contributed by atoms with Crippen LogP contribution in [0.25, 0.3) is 0 Å². The Kier molecular flexibility index (Phi) is 6.33. The summed E-state index contributed by atoms with van der Waals surface area (Å²) >= 11 is 0. The molecule has 0 bridgehead atoms. The number of hydrogen-bond acceptors (Lipinski definition) is 7. The lowest BCUT2D eigenvalue weighted by atomic mass is 9.95. The molecule has 2 aromatic carbocycles. The zero-order valence-electron chi connectivity index (χ0n) is 17.2. The minimum absolute atomic E-state index is 0.0530. The monoisotopic (exact) mass is 447 g/mol. The smallest absolute Gasteiger partial charge is 0.416 e. The molecular weight excluding hydrogens is 427 g/mol. The number of alkyl halides is 3. The van der Waals surface area contributed by atoms with E-state index < -0.39 is 35.9 Å². The Morgan fingerprint density at radius 2 is 1.84 bits per heavy atom. The number of rotatable bonds is 5. The van der Waals surface area contributed by atoms with Gasteiger partial charge in [-0.15, -0.1) is 0 Å². The highest BCUT2D eigenvalue weighted by Crippen LogP contribution is 2.40. The van der Waals surface area contributed by atoms with E-state index in [1.165, 1.54) is 13.8 Å². The zero-order valence-corrected chi connectivity index (χ0v) is 17.2. The van der Waals surface area contributed by atoms with Gasteiger partial charge >= 0.3 is 6.18 Å². The minimum atomic E-state index is -4.67. The summed E-state index contributed by atoms with van der Waals surface area (Å²) in [5.74, 6) is -0.677. The lowest BCUT2D eigenvalue weighted by Gasteiger charge is -2.30.